The molecule has 0 aliphatic carbocycles. The fourth-order valence-electron chi connectivity index (χ4n) is 2.52. The van der Waals surface area contributed by atoms with Crippen LogP contribution in [0.25, 0.3) is 10.2 Å². The number of carbonyl (C=O) groups is 1. The molecule has 3 N–H and O–H groups in total. The van der Waals surface area contributed by atoms with Gasteiger partial charge in [-0.1, -0.05) is 6.07 Å². The molecule has 3 aromatic heterocycles. The number of hydrogen-bond acceptors (Lipinski definition) is 7. The highest BCUT2D eigenvalue weighted by Crippen LogP contribution is 2.38. The van der Waals surface area contributed by atoms with Gasteiger partial charge in [-0.05, 0) is 31.5 Å². The van der Waals surface area contributed by atoms with Crippen LogP contribution >= 0.6 is 11.3 Å². The molecule has 0 saturated carbocycles. The van der Waals surface area contributed by atoms with Gasteiger partial charge in [0.15, 0.2) is 5.69 Å². The van der Waals surface area contributed by atoms with E-state index in [0.29, 0.717) is 11.3 Å². The van der Waals surface area contributed by atoms with Gasteiger partial charge in [0.2, 0.25) is 5.95 Å². The summed E-state index contributed by atoms with van der Waals surface area (Å²) < 4.78 is 39.5. The van der Waals surface area contributed by atoms with Crippen molar-refractivity contribution < 1.29 is 23.1 Å². The largest absolute Gasteiger partial charge is 0.425 e. The minimum Gasteiger partial charge on any atom is -0.392 e. The van der Waals surface area contributed by atoms with Crippen molar-refractivity contribution in [1.82, 2.24) is 20.3 Å². The van der Waals surface area contributed by atoms with Crippen molar-refractivity contribution in [2.45, 2.75) is 32.2 Å². The second-order valence-electron chi connectivity index (χ2n) is 6.43. The Morgan fingerprint density at radius 2 is 2.07 bits per heavy atom. The number of thiophene rings is 1. The molecule has 0 bridgehead atoms. The standard InChI is InChI=1S/C18H18F3N5O2S/c1-9(27)7-23-16(28)14-15-12(6-13(29-15)18(19,20)21)25-17(26-14)24-10(2)11-4-3-5-22-8-11/h3-6,8-10,27H,7H2,1-2H3,(H,23,28)(H,24,25,26)/t9-,10?/m1/s1. The second kappa shape index (κ2) is 8.29. The van der Waals surface area contributed by atoms with Crippen molar-refractivity contribution >= 4 is 33.4 Å². The van der Waals surface area contributed by atoms with Crippen LogP contribution < -0.4 is 10.6 Å². The summed E-state index contributed by atoms with van der Waals surface area (Å²) in [6, 6.07) is 4.18. The van der Waals surface area contributed by atoms with Crippen molar-refractivity contribution in [3.8, 4) is 0 Å². The number of anilines is 1. The molecule has 3 heterocycles. The molecule has 0 saturated heterocycles. The average Bonchev–Trinajstić information content (AvgIpc) is 3.10. The van der Waals surface area contributed by atoms with Crippen molar-refractivity contribution in [1.29, 1.82) is 0 Å². The number of halogens is 3. The maximum absolute atomic E-state index is 13.2. The summed E-state index contributed by atoms with van der Waals surface area (Å²) in [4.78, 5) is 24.0. The first-order valence-electron chi connectivity index (χ1n) is 8.66. The van der Waals surface area contributed by atoms with Gasteiger partial charge in [-0.3, -0.25) is 9.78 Å². The van der Waals surface area contributed by atoms with Crippen LogP contribution in [0.4, 0.5) is 19.1 Å². The summed E-state index contributed by atoms with van der Waals surface area (Å²) in [5.41, 5.74) is 0.648. The number of alkyl halides is 3. The lowest BCUT2D eigenvalue weighted by atomic mass is 10.1. The van der Waals surface area contributed by atoms with Gasteiger partial charge in [-0.15, -0.1) is 11.3 Å². The third kappa shape index (κ3) is 4.98. The number of aromatic nitrogens is 3. The molecular formula is C18H18F3N5O2S. The number of amides is 1. The maximum atomic E-state index is 13.2. The lowest BCUT2D eigenvalue weighted by molar-refractivity contribution is -0.134. The Hall–Kier alpha value is -2.79. The SMILES string of the molecule is CC(Nc1nc(C(=O)NC[C@@H](C)O)c2sc(C(F)(F)F)cc2n1)c1cccnc1. The maximum Gasteiger partial charge on any atom is 0.425 e. The molecule has 0 aliphatic heterocycles. The van der Waals surface area contributed by atoms with E-state index in [0.717, 1.165) is 11.6 Å². The van der Waals surface area contributed by atoms with Crippen molar-refractivity contribution in [3.05, 3.63) is 46.7 Å². The fourth-order valence-corrected chi connectivity index (χ4v) is 3.47. The van der Waals surface area contributed by atoms with Crippen molar-refractivity contribution in [2.24, 2.45) is 0 Å². The van der Waals surface area contributed by atoms with E-state index in [2.05, 4.69) is 25.6 Å². The average molecular weight is 425 g/mol. The van der Waals surface area contributed by atoms with E-state index in [4.69, 9.17) is 0 Å². The van der Waals surface area contributed by atoms with Crippen LogP contribution in [0.2, 0.25) is 0 Å². The Balaban J connectivity index is 2.01. The van der Waals surface area contributed by atoms with Gasteiger partial charge in [0.1, 0.15) is 4.88 Å². The predicted octanol–water partition coefficient (Wildman–Crippen LogP) is 3.39. The zero-order valence-electron chi connectivity index (χ0n) is 15.5. The van der Waals surface area contributed by atoms with Crippen LogP contribution in [0, 0.1) is 0 Å². The first-order chi connectivity index (χ1) is 13.6. The van der Waals surface area contributed by atoms with E-state index in [1.165, 1.54) is 6.92 Å². The Labute approximate surface area is 168 Å². The van der Waals surface area contributed by atoms with Crippen LogP contribution in [0.15, 0.2) is 30.6 Å². The number of pyridine rings is 1. The minimum atomic E-state index is -4.56. The lowest BCUT2D eigenvalue weighted by Gasteiger charge is -2.15. The first-order valence-corrected chi connectivity index (χ1v) is 9.48. The van der Waals surface area contributed by atoms with Crippen LogP contribution in [0.5, 0.6) is 0 Å². The Morgan fingerprint density at radius 3 is 2.69 bits per heavy atom. The predicted molar refractivity (Wildman–Crippen MR) is 103 cm³/mol. The summed E-state index contributed by atoms with van der Waals surface area (Å²) in [5.74, 6) is -0.673. The van der Waals surface area contributed by atoms with E-state index >= 15 is 0 Å². The van der Waals surface area contributed by atoms with Gasteiger partial charge >= 0.3 is 6.18 Å². The monoisotopic (exact) mass is 425 g/mol. The van der Waals surface area contributed by atoms with Crippen molar-refractivity contribution in [2.75, 3.05) is 11.9 Å². The highest BCUT2D eigenvalue weighted by molar-refractivity contribution is 7.19. The quantitative estimate of drug-likeness (QED) is 0.560. The summed E-state index contributed by atoms with van der Waals surface area (Å²) in [6.07, 6.45) is -2.12. The van der Waals surface area contributed by atoms with Gasteiger partial charge in [0, 0.05) is 18.9 Å². The van der Waals surface area contributed by atoms with Crippen LogP contribution in [0.3, 0.4) is 0 Å². The van der Waals surface area contributed by atoms with E-state index in [-0.39, 0.29) is 34.4 Å². The molecule has 0 fully saturated rings. The fraction of sp³-hybridized carbons (Fsp3) is 0.333. The molecule has 3 rings (SSSR count). The number of carbonyl (C=O) groups excluding carboxylic acids is 1. The van der Waals surface area contributed by atoms with Gasteiger partial charge < -0.3 is 15.7 Å². The summed E-state index contributed by atoms with van der Waals surface area (Å²) in [6.45, 7) is 3.23. The molecule has 7 nitrogen and oxygen atoms in total. The number of nitrogens with zero attached hydrogens (tertiary/aromatic N) is 3. The number of rotatable bonds is 6. The third-order valence-corrected chi connectivity index (χ3v) is 5.13. The van der Waals surface area contributed by atoms with Crippen LogP contribution in [-0.4, -0.2) is 38.6 Å². The molecule has 1 unspecified atom stereocenters. The molecule has 3 aromatic rings. The third-order valence-electron chi connectivity index (χ3n) is 3.95. The molecule has 2 atom stereocenters. The summed E-state index contributed by atoms with van der Waals surface area (Å²) >= 11 is 0.406. The van der Waals surface area contributed by atoms with Crippen LogP contribution in [0.1, 0.15) is 40.8 Å². The molecule has 29 heavy (non-hydrogen) atoms. The first kappa shape index (κ1) is 20.9. The Kier molecular flexibility index (Phi) is 5.99. The van der Waals surface area contributed by atoms with E-state index in [1.807, 2.05) is 13.0 Å². The highest BCUT2D eigenvalue weighted by atomic mass is 32.1. The summed E-state index contributed by atoms with van der Waals surface area (Å²) in [5, 5.41) is 14.8. The zero-order valence-corrected chi connectivity index (χ0v) is 16.3. The molecule has 0 aliphatic rings. The van der Waals surface area contributed by atoms with Gasteiger partial charge in [-0.2, -0.15) is 13.2 Å². The zero-order chi connectivity index (χ0) is 21.2. The Morgan fingerprint density at radius 1 is 1.31 bits per heavy atom. The smallest absolute Gasteiger partial charge is 0.392 e. The molecule has 0 radical (unpaired) electrons. The minimum absolute atomic E-state index is 0.0143. The number of fused-ring (bicyclic) bond motifs is 1. The van der Waals surface area contributed by atoms with Gasteiger partial charge in [0.05, 0.1) is 22.4 Å². The second-order valence-corrected chi connectivity index (χ2v) is 7.48. The van der Waals surface area contributed by atoms with E-state index in [1.54, 1.807) is 18.5 Å². The number of hydrogen-bond donors (Lipinski definition) is 3. The van der Waals surface area contributed by atoms with E-state index in [9.17, 15) is 23.1 Å². The molecular weight excluding hydrogens is 407 g/mol. The lowest BCUT2D eigenvalue weighted by Crippen LogP contribution is -2.31. The normalized spacial score (nSPS) is 13.9. The molecule has 11 heteroatoms. The number of aliphatic hydroxyl groups is 1. The molecule has 1 amide bonds. The number of nitrogens with one attached hydrogen (secondary N) is 2. The molecule has 0 spiro atoms. The molecule has 154 valence electrons. The summed E-state index contributed by atoms with van der Waals surface area (Å²) in [7, 11) is 0. The van der Waals surface area contributed by atoms with Crippen LogP contribution in [-0.2, 0) is 6.18 Å². The van der Waals surface area contributed by atoms with Gasteiger partial charge in [-0.25, -0.2) is 9.97 Å². The topological polar surface area (TPSA) is 100 Å². The van der Waals surface area contributed by atoms with E-state index < -0.39 is 23.1 Å². The number of aliphatic hydroxyl groups excluding tert-OH is 1. The highest BCUT2D eigenvalue weighted by Gasteiger charge is 2.34. The molecule has 0 aromatic carbocycles. The van der Waals surface area contributed by atoms with Crippen molar-refractivity contribution in [3.63, 3.8) is 0 Å². The Bertz CT molecular complexity index is 1010. The van der Waals surface area contributed by atoms with Gasteiger partial charge in [0.25, 0.3) is 5.91 Å².